The largest absolute Gasteiger partial charge is 0.490 e. The molecule has 1 aliphatic carbocycles. The van der Waals surface area contributed by atoms with Gasteiger partial charge in [-0.3, -0.25) is 9.69 Å². The number of benzene rings is 1. The van der Waals surface area contributed by atoms with E-state index in [0.29, 0.717) is 12.6 Å². The summed E-state index contributed by atoms with van der Waals surface area (Å²) < 4.78 is 34.0. The fourth-order valence-electron chi connectivity index (χ4n) is 4.37. The van der Waals surface area contributed by atoms with E-state index in [4.69, 9.17) is 9.90 Å². The molecule has 31 heavy (non-hydrogen) atoms. The first-order valence-electron chi connectivity index (χ1n) is 10.3. The zero-order valence-electron chi connectivity index (χ0n) is 16.8. The average molecular weight is 435 g/mol. The van der Waals surface area contributed by atoms with Gasteiger partial charge >= 0.3 is 12.1 Å². The lowest BCUT2D eigenvalue weighted by Gasteiger charge is -2.38. The van der Waals surface area contributed by atoms with Gasteiger partial charge in [-0.1, -0.05) is 30.3 Å². The van der Waals surface area contributed by atoms with E-state index in [1.165, 1.54) is 24.9 Å². The molecular weight excluding hydrogens is 411 g/mol. The minimum Gasteiger partial charge on any atom is -0.475 e. The maximum Gasteiger partial charge on any atom is 0.490 e. The lowest BCUT2D eigenvalue weighted by molar-refractivity contribution is -0.192. The zero-order chi connectivity index (χ0) is 22.2. The van der Waals surface area contributed by atoms with Crippen LogP contribution in [-0.4, -0.2) is 63.2 Å². The molecule has 0 bridgehead atoms. The highest BCUT2D eigenvalue weighted by Gasteiger charge is 2.45. The van der Waals surface area contributed by atoms with E-state index in [-0.39, 0.29) is 11.9 Å². The number of hydrogen-bond donors (Lipinski definition) is 1. The molecule has 2 aliphatic heterocycles. The summed E-state index contributed by atoms with van der Waals surface area (Å²) in [5.41, 5.74) is 2.06. The molecular formula is C22H24F3N3O3. The number of carboxylic acid groups (broad SMARTS) is 1. The molecule has 5 rings (SSSR count). The Hall–Kier alpha value is -2.81. The normalized spacial score (nSPS) is 23.1. The maximum atomic E-state index is 13.1. The number of rotatable bonds is 4. The number of nitrogens with zero attached hydrogens (tertiary/aromatic N) is 3. The Morgan fingerprint density at radius 2 is 1.68 bits per heavy atom. The molecule has 0 radical (unpaired) electrons. The number of fused-ring (bicyclic) bond motifs is 3. The molecule has 1 N–H and O–H groups in total. The Labute approximate surface area is 177 Å². The van der Waals surface area contributed by atoms with Crippen LogP contribution in [0.1, 0.15) is 34.9 Å². The molecule has 9 heteroatoms. The second kappa shape index (κ2) is 8.37. The van der Waals surface area contributed by atoms with Gasteiger partial charge in [0.05, 0.1) is 12.1 Å². The second-order valence-corrected chi connectivity index (χ2v) is 8.32. The molecule has 2 atom stereocenters. The molecule has 2 unspecified atom stereocenters. The SMILES string of the molecule is O=C(O)C(F)(F)F.O=C1c2cccn2C2CN(CC3CC3)CC2N1Cc1ccccc1. The molecule has 3 heterocycles. The van der Waals surface area contributed by atoms with Crippen molar-refractivity contribution < 1.29 is 27.9 Å². The van der Waals surface area contributed by atoms with Crippen molar-refractivity contribution in [2.24, 2.45) is 5.92 Å². The molecule has 166 valence electrons. The van der Waals surface area contributed by atoms with Gasteiger partial charge in [-0.25, -0.2) is 4.79 Å². The summed E-state index contributed by atoms with van der Waals surface area (Å²) in [6.45, 7) is 4.00. The van der Waals surface area contributed by atoms with Crippen molar-refractivity contribution in [3.05, 3.63) is 59.9 Å². The minimum absolute atomic E-state index is 0.179. The summed E-state index contributed by atoms with van der Waals surface area (Å²) in [5, 5.41) is 7.12. The van der Waals surface area contributed by atoms with Crippen molar-refractivity contribution in [1.82, 2.24) is 14.4 Å². The van der Waals surface area contributed by atoms with E-state index in [2.05, 4.69) is 44.8 Å². The van der Waals surface area contributed by atoms with E-state index >= 15 is 0 Å². The van der Waals surface area contributed by atoms with Crippen LogP contribution >= 0.6 is 0 Å². The van der Waals surface area contributed by atoms with E-state index in [9.17, 15) is 18.0 Å². The first kappa shape index (κ1) is 21.4. The lowest BCUT2D eigenvalue weighted by Crippen LogP contribution is -2.49. The number of carbonyl (C=O) groups is 2. The van der Waals surface area contributed by atoms with E-state index in [1.807, 2.05) is 18.2 Å². The van der Waals surface area contributed by atoms with E-state index in [0.717, 1.165) is 24.7 Å². The van der Waals surface area contributed by atoms with Gasteiger partial charge in [-0.05, 0) is 36.5 Å². The topological polar surface area (TPSA) is 65.8 Å². The van der Waals surface area contributed by atoms with Crippen molar-refractivity contribution >= 4 is 11.9 Å². The third-order valence-electron chi connectivity index (χ3n) is 6.00. The van der Waals surface area contributed by atoms with Gasteiger partial charge in [0.2, 0.25) is 0 Å². The zero-order valence-corrected chi connectivity index (χ0v) is 16.8. The number of likely N-dealkylation sites (tertiary alicyclic amines) is 1. The van der Waals surface area contributed by atoms with Gasteiger partial charge in [0, 0.05) is 32.4 Å². The highest BCUT2D eigenvalue weighted by atomic mass is 19.4. The van der Waals surface area contributed by atoms with Crippen LogP contribution in [0.15, 0.2) is 48.7 Å². The molecule has 1 aromatic heterocycles. The van der Waals surface area contributed by atoms with Crippen LogP contribution in [0.3, 0.4) is 0 Å². The molecule has 2 fully saturated rings. The van der Waals surface area contributed by atoms with Crippen molar-refractivity contribution in [2.75, 3.05) is 19.6 Å². The van der Waals surface area contributed by atoms with Crippen LogP contribution in [0.4, 0.5) is 13.2 Å². The summed E-state index contributed by atoms with van der Waals surface area (Å²) in [5.74, 6) is -1.68. The van der Waals surface area contributed by atoms with Crippen LogP contribution in [-0.2, 0) is 11.3 Å². The number of aromatic nitrogens is 1. The predicted molar refractivity (Wildman–Crippen MR) is 106 cm³/mol. The third kappa shape index (κ3) is 4.76. The van der Waals surface area contributed by atoms with Crippen molar-refractivity contribution in [3.8, 4) is 0 Å². The highest BCUT2D eigenvalue weighted by molar-refractivity contribution is 5.94. The Morgan fingerprint density at radius 1 is 1.03 bits per heavy atom. The number of halogens is 3. The van der Waals surface area contributed by atoms with E-state index < -0.39 is 12.1 Å². The van der Waals surface area contributed by atoms with Gasteiger partial charge in [-0.15, -0.1) is 0 Å². The summed E-state index contributed by atoms with van der Waals surface area (Å²) >= 11 is 0. The molecule has 0 spiro atoms. The van der Waals surface area contributed by atoms with Crippen molar-refractivity contribution in [3.63, 3.8) is 0 Å². The quantitative estimate of drug-likeness (QED) is 0.800. The van der Waals surface area contributed by atoms with Crippen LogP contribution in [0.25, 0.3) is 0 Å². The fraction of sp³-hybridized carbons (Fsp3) is 0.455. The number of amides is 1. The van der Waals surface area contributed by atoms with Crippen LogP contribution in [0.2, 0.25) is 0 Å². The summed E-state index contributed by atoms with van der Waals surface area (Å²) in [6, 6.07) is 15.0. The number of carbonyl (C=O) groups excluding carboxylic acids is 1. The Balaban J connectivity index is 0.000000289. The minimum atomic E-state index is -5.08. The molecule has 3 aliphatic rings. The molecule has 1 saturated carbocycles. The second-order valence-electron chi connectivity index (χ2n) is 8.32. The summed E-state index contributed by atoms with van der Waals surface area (Å²) in [4.78, 5) is 26.6. The molecule has 1 amide bonds. The standard InChI is InChI=1S/C20H23N3O.C2HF3O2/c24-20-17-7-4-10-22(17)18-13-21(11-16-8-9-16)14-19(18)23(20)12-15-5-2-1-3-6-15;3-2(4,5)1(6)7/h1-7,10,16,18-19H,8-9,11-14H2;(H,6,7). The van der Waals surface area contributed by atoms with Crippen molar-refractivity contribution in [2.45, 2.75) is 37.6 Å². The number of aliphatic carboxylic acids is 1. The summed E-state index contributed by atoms with van der Waals surface area (Å²) in [7, 11) is 0. The smallest absolute Gasteiger partial charge is 0.475 e. The Morgan fingerprint density at radius 3 is 2.29 bits per heavy atom. The number of alkyl halides is 3. The number of carboxylic acids is 1. The number of hydrogen-bond acceptors (Lipinski definition) is 3. The lowest BCUT2D eigenvalue weighted by atomic mass is 10.0. The van der Waals surface area contributed by atoms with Crippen molar-refractivity contribution in [1.29, 1.82) is 0 Å². The van der Waals surface area contributed by atoms with Gasteiger partial charge in [0.1, 0.15) is 5.69 Å². The fourth-order valence-corrected chi connectivity index (χ4v) is 4.37. The molecule has 1 aromatic carbocycles. The first-order chi connectivity index (χ1) is 14.7. The third-order valence-corrected chi connectivity index (χ3v) is 6.00. The van der Waals surface area contributed by atoms with Crippen LogP contribution in [0.5, 0.6) is 0 Å². The monoisotopic (exact) mass is 435 g/mol. The Kier molecular flexibility index (Phi) is 5.79. The van der Waals surface area contributed by atoms with Gasteiger partial charge in [0.15, 0.2) is 0 Å². The molecule has 1 saturated heterocycles. The van der Waals surface area contributed by atoms with E-state index in [1.54, 1.807) is 0 Å². The molecule has 2 aromatic rings. The molecule has 6 nitrogen and oxygen atoms in total. The highest BCUT2D eigenvalue weighted by Crippen LogP contribution is 2.37. The Bertz CT molecular complexity index is 940. The van der Waals surface area contributed by atoms with Gasteiger partial charge in [0.25, 0.3) is 5.91 Å². The van der Waals surface area contributed by atoms with Crippen LogP contribution in [0, 0.1) is 5.92 Å². The van der Waals surface area contributed by atoms with Gasteiger partial charge in [-0.2, -0.15) is 13.2 Å². The summed E-state index contributed by atoms with van der Waals surface area (Å²) in [6.07, 6.45) is -0.230. The van der Waals surface area contributed by atoms with Crippen LogP contribution < -0.4 is 0 Å². The average Bonchev–Trinajstić information content (AvgIpc) is 3.22. The maximum absolute atomic E-state index is 13.1. The predicted octanol–water partition coefficient (Wildman–Crippen LogP) is 3.41. The van der Waals surface area contributed by atoms with Gasteiger partial charge < -0.3 is 14.6 Å². The first-order valence-corrected chi connectivity index (χ1v) is 10.3.